The minimum absolute atomic E-state index is 0.0498. The van der Waals surface area contributed by atoms with Crippen LogP contribution < -0.4 is 16.5 Å². The van der Waals surface area contributed by atoms with Gasteiger partial charge in [-0.2, -0.15) is 0 Å². The summed E-state index contributed by atoms with van der Waals surface area (Å²) in [5.41, 5.74) is 7.77. The molecule has 1 aliphatic rings. The number of para-hydroxylation sites is 2. The average molecular weight is 448 g/mol. The molecular formula is C25H24N2O6. The number of carbonyl (C=O) groups excluding carboxylic acids is 2. The van der Waals surface area contributed by atoms with Crippen LogP contribution in [0.2, 0.25) is 0 Å². The van der Waals surface area contributed by atoms with Gasteiger partial charge < -0.3 is 24.9 Å². The molecule has 0 amide bonds. The summed E-state index contributed by atoms with van der Waals surface area (Å²) >= 11 is 0. The van der Waals surface area contributed by atoms with Gasteiger partial charge in [-0.3, -0.25) is 4.79 Å². The highest BCUT2D eigenvalue weighted by Crippen LogP contribution is 2.41. The van der Waals surface area contributed by atoms with E-state index in [0.717, 1.165) is 0 Å². The molecule has 3 aromatic rings. The van der Waals surface area contributed by atoms with Crippen molar-refractivity contribution in [2.24, 2.45) is 5.73 Å². The Bertz CT molecular complexity index is 1360. The van der Waals surface area contributed by atoms with Gasteiger partial charge in [-0.25, -0.2) is 9.59 Å². The highest BCUT2D eigenvalue weighted by atomic mass is 16.5. The summed E-state index contributed by atoms with van der Waals surface area (Å²) in [6, 6.07) is 11.9. The van der Waals surface area contributed by atoms with Crippen LogP contribution in [0.25, 0.3) is 21.9 Å². The molecule has 1 aromatic heterocycles. The number of hydrogen-bond acceptors (Lipinski definition) is 8. The van der Waals surface area contributed by atoms with Crippen LogP contribution in [0.5, 0.6) is 0 Å². The minimum Gasteiger partial charge on any atom is -0.463 e. The molecule has 4 rings (SSSR count). The summed E-state index contributed by atoms with van der Waals surface area (Å²) in [4.78, 5) is 39.2. The molecule has 0 aliphatic carbocycles. The second kappa shape index (κ2) is 8.82. The zero-order chi connectivity index (χ0) is 23.7. The van der Waals surface area contributed by atoms with Gasteiger partial charge in [0.25, 0.3) is 0 Å². The van der Waals surface area contributed by atoms with E-state index in [9.17, 15) is 14.4 Å². The van der Waals surface area contributed by atoms with Gasteiger partial charge in [0.1, 0.15) is 17.0 Å². The number of nitrogens with two attached hydrogens (primary N) is 1. The maximum absolute atomic E-state index is 13.2. The topological polar surface area (TPSA) is 121 Å². The van der Waals surface area contributed by atoms with Gasteiger partial charge in [0.2, 0.25) is 5.43 Å². The van der Waals surface area contributed by atoms with Gasteiger partial charge in [-0.05, 0) is 39.0 Å². The third-order valence-corrected chi connectivity index (χ3v) is 5.53. The lowest BCUT2D eigenvalue weighted by atomic mass is 9.80. The highest BCUT2D eigenvalue weighted by molar-refractivity contribution is 6.02. The molecule has 0 spiro atoms. The first-order valence-corrected chi connectivity index (χ1v) is 10.6. The number of nitrogens with one attached hydrogen (secondary N) is 1. The van der Waals surface area contributed by atoms with Crippen LogP contribution in [0.1, 0.15) is 32.3 Å². The van der Waals surface area contributed by atoms with Gasteiger partial charge in [-0.1, -0.05) is 24.3 Å². The fourth-order valence-corrected chi connectivity index (χ4v) is 4.15. The van der Waals surface area contributed by atoms with Crippen molar-refractivity contribution in [2.45, 2.75) is 26.7 Å². The van der Waals surface area contributed by atoms with Crippen LogP contribution in [0.4, 0.5) is 0 Å². The Hall–Kier alpha value is -4.07. The van der Waals surface area contributed by atoms with E-state index in [2.05, 4.69) is 5.32 Å². The van der Waals surface area contributed by atoms with Crippen LogP contribution >= 0.6 is 0 Å². The van der Waals surface area contributed by atoms with Crippen LogP contribution in [0.3, 0.4) is 0 Å². The van der Waals surface area contributed by atoms with Crippen molar-refractivity contribution >= 4 is 33.9 Å². The molecule has 3 N–H and O–H groups in total. The Balaban J connectivity index is 2.06. The Labute approximate surface area is 189 Å². The predicted molar refractivity (Wildman–Crippen MR) is 123 cm³/mol. The molecule has 2 aromatic carbocycles. The molecule has 0 bridgehead atoms. The summed E-state index contributed by atoms with van der Waals surface area (Å²) in [6.07, 6.45) is 0. The molecule has 1 unspecified atom stereocenters. The molecule has 0 fully saturated rings. The summed E-state index contributed by atoms with van der Waals surface area (Å²) in [5, 5.41) is 3.65. The van der Waals surface area contributed by atoms with Gasteiger partial charge in [0.05, 0.1) is 41.1 Å². The third-order valence-electron chi connectivity index (χ3n) is 5.53. The van der Waals surface area contributed by atoms with Gasteiger partial charge >= 0.3 is 11.9 Å². The molecular weight excluding hydrogens is 424 g/mol. The van der Waals surface area contributed by atoms with E-state index in [4.69, 9.17) is 19.6 Å². The van der Waals surface area contributed by atoms with Gasteiger partial charge in [0.15, 0.2) is 0 Å². The first kappa shape index (κ1) is 22.1. The number of benzene rings is 2. The molecule has 33 heavy (non-hydrogen) atoms. The second-order valence-corrected chi connectivity index (χ2v) is 7.52. The Morgan fingerprint density at radius 3 is 2.30 bits per heavy atom. The molecule has 8 heteroatoms. The predicted octanol–water partition coefficient (Wildman–Crippen LogP) is 3.20. The highest BCUT2D eigenvalue weighted by Gasteiger charge is 2.40. The number of esters is 2. The Morgan fingerprint density at radius 2 is 1.61 bits per heavy atom. The summed E-state index contributed by atoms with van der Waals surface area (Å²) < 4.78 is 16.7. The largest absolute Gasteiger partial charge is 0.463 e. The van der Waals surface area contributed by atoms with Crippen molar-refractivity contribution in [1.82, 2.24) is 5.32 Å². The number of allylic oxidation sites excluding steroid dienone is 1. The molecule has 170 valence electrons. The SMILES string of the molecule is CCOC(=O)C1=C(C)NC(N)=C(C(=O)OCC)C1c1cccc2c(=O)c3ccccc3oc12. The van der Waals surface area contributed by atoms with Crippen molar-refractivity contribution in [1.29, 1.82) is 0 Å². The Kier molecular flexibility index (Phi) is 5.91. The van der Waals surface area contributed by atoms with E-state index >= 15 is 0 Å². The van der Waals surface area contributed by atoms with Crippen molar-refractivity contribution in [2.75, 3.05) is 13.2 Å². The number of dihydropyridines is 1. The first-order chi connectivity index (χ1) is 15.9. The monoisotopic (exact) mass is 448 g/mol. The second-order valence-electron chi connectivity index (χ2n) is 7.52. The van der Waals surface area contributed by atoms with E-state index in [1.165, 1.54) is 0 Å². The maximum Gasteiger partial charge on any atom is 0.338 e. The number of rotatable bonds is 5. The van der Waals surface area contributed by atoms with Crippen molar-refractivity contribution in [3.8, 4) is 0 Å². The van der Waals surface area contributed by atoms with E-state index in [0.29, 0.717) is 27.6 Å². The smallest absolute Gasteiger partial charge is 0.338 e. The van der Waals surface area contributed by atoms with Crippen LogP contribution in [-0.2, 0) is 19.1 Å². The standard InChI is InChI=1S/C25H24N2O6/c1-4-31-24(29)18-13(3)27-23(26)20(25(30)32-5-2)19(18)15-10-8-11-16-21(28)14-9-6-7-12-17(14)33-22(15)16/h6-12,19,27H,4-5,26H2,1-3H3. The van der Waals surface area contributed by atoms with E-state index in [-0.39, 0.29) is 41.2 Å². The zero-order valence-corrected chi connectivity index (χ0v) is 18.6. The molecule has 0 saturated carbocycles. The Morgan fingerprint density at radius 1 is 0.970 bits per heavy atom. The molecule has 0 radical (unpaired) electrons. The number of hydrogen-bond donors (Lipinski definition) is 2. The van der Waals surface area contributed by atoms with Gasteiger partial charge in [-0.15, -0.1) is 0 Å². The lowest BCUT2D eigenvalue weighted by Gasteiger charge is -2.30. The molecule has 8 nitrogen and oxygen atoms in total. The number of carbonyl (C=O) groups is 2. The van der Waals surface area contributed by atoms with Crippen LogP contribution in [0.15, 0.2) is 74.3 Å². The molecule has 1 aliphatic heterocycles. The van der Waals surface area contributed by atoms with Crippen molar-refractivity contribution in [3.63, 3.8) is 0 Å². The average Bonchev–Trinajstić information content (AvgIpc) is 2.78. The molecule has 1 atom stereocenters. The van der Waals surface area contributed by atoms with Crippen LogP contribution in [-0.4, -0.2) is 25.2 Å². The number of fused-ring (bicyclic) bond motifs is 2. The van der Waals surface area contributed by atoms with E-state index < -0.39 is 17.9 Å². The first-order valence-electron chi connectivity index (χ1n) is 10.6. The van der Waals surface area contributed by atoms with Crippen LogP contribution in [0, 0.1) is 0 Å². The summed E-state index contributed by atoms with van der Waals surface area (Å²) in [6.45, 7) is 5.31. The third kappa shape index (κ3) is 3.73. The van der Waals surface area contributed by atoms with Crippen molar-refractivity contribution in [3.05, 3.63) is 80.9 Å². The maximum atomic E-state index is 13.2. The lowest BCUT2D eigenvalue weighted by molar-refractivity contribution is -0.139. The lowest BCUT2D eigenvalue weighted by Crippen LogP contribution is -2.36. The van der Waals surface area contributed by atoms with E-state index in [1.807, 2.05) is 0 Å². The fourth-order valence-electron chi connectivity index (χ4n) is 4.15. The quantitative estimate of drug-likeness (QED) is 0.451. The molecule has 2 heterocycles. The van der Waals surface area contributed by atoms with Gasteiger partial charge in [0, 0.05) is 11.3 Å². The summed E-state index contributed by atoms with van der Waals surface area (Å²) in [7, 11) is 0. The minimum atomic E-state index is -0.961. The number of ether oxygens (including phenoxy) is 2. The fraction of sp³-hybridized carbons (Fsp3) is 0.240. The van der Waals surface area contributed by atoms with E-state index in [1.54, 1.807) is 63.2 Å². The molecule has 0 saturated heterocycles. The normalized spacial score (nSPS) is 16.2. The zero-order valence-electron chi connectivity index (χ0n) is 18.6. The summed E-state index contributed by atoms with van der Waals surface area (Å²) in [5.74, 6) is -2.19. The van der Waals surface area contributed by atoms with Crippen molar-refractivity contribution < 1.29 is 23.5 Å².